The van der Waals surface area contributed by atoms with Crippen molar-refractivity contribution in [2.45, 2.75) is 33.2 Å². The van der Waals surface area contributed by atoms with Crippen molar-refractivity contribution >= 4 is 0 Å². The van der Waals surface area contributed by atoms with Crippen LogP contribution in [0.4, 0.5) is 0 Å². The lowest BCUT2D eigenvalue weighted by atomic mass is 9.99. The van der Waals surface area contributed by atoms with Gasteiger partial charge in [-0.15, -0.1) is 0 Å². The minimum absolute atomic E-state index is 0.277. The maximum Gasteiger partial charge on any atom is 0.0589 e. The van der Waals surface area contributed by atoms with Crippen molar-refractivity contribution in [3.8, 4) is 0 Å². The molecule has 0 spiro atoms. The summed E-state index contributed by atoms with van der Waals surface area (Å²) >= 11 is 0. The van der Waals surface area contributed by atoms with Crippen LogP contribution in [0.2, 0.25) is 0 Å². The predicted octanol–water partition coefficient (Wildman–Crippen LogP) is 1.35. The summed E-state index contributed by atoms with van der Waals surface area (Å²) in [5.41, 5.74) is 0. The molecule has 2 unspecified atom stereocenters. The predicted molar refractivity (Wildman–Crippen MR) is 48.6 cm³/mol. The average molecular weight is 159 g/mol. The Morgan fingerprint density at radius 1 is 1.36 bits per heavy atom. The van der Waals surface area contributed by atoms with Gasteiger partial charge in [0.2, 0.25) is 0 Å². The number of hydrogen-bond acceptors (Lipinski definition) is 2. The van der Waals surface area contributed by atoms with E-state index in [2.05, 4.69) is 32.7 Å². The van der Waals surface area contributed by atoms with Crippen LogP contribution in [0.5, 0.6) is 0 Å². The molecule has 0 aromatic heterocycles. The maximum absolute atomic E-state index is 9.09. The molecule has 0 aliphatic heterocycles. The quantitative estimate of drug-likeness (QED) is 0.654. The fourth-order valence-corrected chi connectivity index (χ4v) is 1.26. The Bertz CT molecular complexity index is 85.6. The molecule has 0 aliphatic rings. The zero-order valence-electron chi connectivity index (χ0n) is 8.17. The van der Waals surface area contributed by atoms with Gasteiger partial charge in [0, 0.05) is 6.04 Å². The van der Waals surface area contributed by atoms with Gasteiger partial charge < -0.3 is 10.0 Å². The molecule has 0 saturated carbocycles. The van der Waals surface area contributed by atoms with E-state index in [0.717, 1.165) is 13.0 Å². The molecular formula is C9H21NO. The van der Waals surface area contributed by atoms with E-state index in [4.69, 9.17) is 5.11 Å². The number of aliphatic hydroxyl groups excluding tert-OH is 1. The van der Waals surface area contributed by atoms with Gasteiger partial charge in [0.05, 0.1) is 6.61 Å². The van der Waals surface area contributed by atoms with Gasteiger partial charge in [-0.05, 0) is 19.5 Å². The van der Waals surface area contributed by atoms with Crippen LogP contribution in [-0.2, 0) is 0 Å². The third-order valence-electron chi connectivity index (χ3n) is 2.55. The molecule has 0 aromatic rings. The first-order chi connectivity index (χ1) is 5.17. The molecule has 2 heteroatoms. The van der Waals surface area contributed by atoms with E-state index in [1.54, 1.807) is 0 Å². The first-order valence-corrected chi connectivity index (χ1v) is 4.48. The smallest absolute Gasteiger partial charge is 0.0589 e. The van der Waals surface area contributed by atoms with Crippen molar-refractivity contribution in [1.82, 2.24) is 4.90 Å². The van der Waals surface area contributed by atoms with Gasteiger partial charge in [0.15, 0.2) is 0 Å². The van der Waals surface area contributed by atoms with Gasteiger partial charge >= 0.3 is 0 Å². The first kappa shape index (κ1) is 10.9. The highest BCUT2D eigenvalue weighted by molar-refractivity contribution is 4.71. The Morgan fingerprint density at radius 2 is 1.91 bits per heavy atom. The lowest BCUT2D eigenvalue weighted by molar-refractivity contribution is 0.109. The second-order valence-corrected chi connectivity index (χ2v) is 3.21. The Kier molecular flexibility index (Phi) is 5.51. The fourth-order valence-electron chi connectivity index (χ4n) is 1.26. The van der Waals surface area contributed by atoms with Gasteiger partial charge in [0.25, 0.3) is 0 Å². The Morgan fingerprint density at radius 3 is 2.18 bits per heavy atom. The highest BCUT2D eigenvalue weighted by Crippen LogP contribution is 2.12. The molecule has 0 aliphatic carbocycles. The van der Waals surface area contributed by atoms with Gasteiger partial charge in [-0.1, -0.05) is 27.2 Å². The Labute approximate surface area is 70.2 Å². The van der Waals surface area contributed by atoms with Crippen LogP contribution in [0.15, 0.2) is 0 Å². The van der Waals surface area contributed by atoms with Crippen molar-refractivity contribution in [2.75, 3.05) is 20.2 Å². The molecule has 0 rings (SSSR count). The van der Waals surface area contributed by atoms with Crippen LogP contribution in [0, 0.1) is 5.92 Å². The fraction of sp³-hybridized carbons (Fsp3) is 1.00. The molecule has 1 N–H and O–H groups in total. The minimum atomic E-state index is 0.277. The highest BCUT2D eigenvalue weighted by atomic mass is 16.3. The van der Waals surface area contributed by atoms with Crippen molar-refractivity contribution in [2.24, 2.45) is 5.92 Å². The van der Waals surface area contributed by atoms with Crippen molar-refractivity contribution in [3.05, 3.63) is 0 Å². The molecule has 68 valence electrons. The molecule has 0 heterocycles. The van der Waals surface area contributed by atoms with Gasteiger partial charge in [-0.25, -0.2) is 0 Å². The van der Waals surface area contributed by atoms with Crippen LogP contribution in [0.3, 0.4) is 0 Å². The monoisotopic (exact) mass is 159 g/mol. The number of rotatable bonds is 5. The summed E-state index contributed by atoms with van der Waals surface area (Å²) in [5, 5.41) is 9.09. The van der Waals surface area contributed by atoms with Crippen LogP contribution in [0.25, 0.3) is 0 Å². The molecule has 0 amide bonds. The summed E-state index contributed by atoms with van der Waals surface area (Å²) in [4.78, 5) is 2.20. The highest BCUT2D eigenvalue weighted by Gasteiger charge is 2.17. The molecule has 0 aromatic carbocycles. The Balaban J connectivity index is 3.92. The summed E-state index contributed by atoms with van der Waals surface area (Å²) in [5.74, 6) is 0.588. The number of likely N-dealkylation sites (N-methyl/N-ethyl adjacent to an activating group) is 1. The molecule has 0 bridgehead atoms. The molecule has 0 radical (unpaired) electrons. The second kappa shape index (κ2) is 5.56. The summed E-state index contributed by atoms with van der Waals surface area (Å²) in [6.07, 6.45) is 1.13. The molecular weight excluding hydrogens is 138 g/mol. The standard InChI is InChI=1S/C9H21NO/c1-5-8(3)9(7-11)10(4)6-2/h8-9,11H,5-7H2,1-4H3. The Hall–Kier alpha value is -0.0800. The van der Waals surface area contributed by atoms with Crippen LogP contribution in [-0.4, -0.2) is 36.2 Å². The largest absolute Gasteiger partial charge is 0.395 e. The van der Waals surface area contributed by atoms with Gasteiger partial charge in [-0.2, -0.15) is 0 Å². The summed E-state index contributed by atoms with van der Waals surface area (Å²) < 4.78 is 0. The first-order valence-electron chi connectivity index (χ1n) is 4.48. The van der Waals surface area contributed by atoms with Crippen LogP contribution >= 0.6 is 0 Å². The summed E-state index contributed by atoms with van der Waals surface area (Å²) in [7, 11) is 2.06. The lowest BCUT2D eigenvalue weighted by Crippen LogP contribution is -2.39. The normalized spacial score (nSPS) is 16.9. The van der Waals surface area contributed by atoms with Crippen molar-refractivity contribution in [1.29, 1.82) is 0 Å². The summed E-state index contributed by atoms with van der Waals surface area (Å²) in [6, 6.07) is 0.338. The van der Waals surface area contributed by atoms with Crippen LogP contribution in [0.1, 0.15) is 27.2 Å². The van der Waals surface area contributed by atoms with E-state index < -0.39 is 0 Å². The number of aliphatic hydroxyl groups is 1. The maximum atomic E-state index is 9.09. The zero-order valence-corrected chi connectivity index (χ0v) is 8.17. The minimum Gasteiger partial charge on any atom is -0.395 e. The van der Waals surface area contributed by atoms with Gasteiger partial charge in [0.1, 0.15) is 0 Å². The van der Waals surface area contributed by atoms with E-state index in [1.165, 1.54) is 0 Å². The molecule has 0 saturated heterocycles. The van der Waals surface area contributed by atoms with Gasteiger partial charge in [-0.3, -0.25) is 0 Å². The van der Waals surface area contributed by atoms with E-state index in [-0.39, 0.29) is 6.61 Å². The molecule has 0 fully saturated rings. The van der Waals surface area contributed by atoms with Crippen LogP contribution < -0.4 is 0 Å². The van der Waals surface area contributed by atoms with E-state index >= 15 is 0 Å². The number of hydrogen-bond donors (Lipinski definition) is 1. The molecule has 2 nitrogen and oxygen atoms in total. The van der Waals surface area contributed by atoms with E-state index in [0.29, 0.717) is 12.0 Å². The average Bonchev–Trinajstić information content (AvgIpc) is 2.05. The van der Waals surface area contributed by atoms with E-state index in [1.807, 2.05) is 0 Å². The third kappa shape index (κ3) is 3.21. The topological polar surface area (TPSA) is 23.5 Å². The molecule has 11 heavy (non-hydrogen) atoms. The molecule has 2 atom stereocenters. The lowest BCUT2D eigenvalue weighted by Gasteiger charge is -2.29. The summed E-state index contributed by atoms with van der Waals surface area (Å²) in [6.45, 7) is 7.75. The number of nitrogens with zero attached hydrogens (tertiary/aromatic N) is 1. The van der Waals surface area contributed by atoms with Crippen molar-refractivity contribution < 1.29 is 5.11 Å². The third-order valence-corrected chi connectivity index (χ3v) is 2.55. The van der Waals surface area contributed by atoms with E-state index in [9.17, 15) is 0 Å². The zero-order chi connectivity index (χ0) is 8.85. The van der Waals surface area contributed by atoms with Crippen molar-refractivity contribution in [3.63, 3.8) is 0 Å². The second-order valence-electron chi connectivity index (χ2n) is 3.21. The SMILES string of the molecule is CCC(C)C(CO)N(C)CC.